The van der Waals surface area contributed by atoms with Crippen LogP contribution in [-0.4, -0.2) is 51.7 Å². The van der Waals surface area contributed by atoms with Crippen LogP contribution in [0.25, 0.3) is 33.7 Å². The number of ether oxygens (including phenoxy) is 1. The Morgan fingerprint density at radius 2 is 1.81 bits per heavy atom. The first-order valence-corrected chi connectivity index (χ1v) is 16.4. The summed E-state index contributed by atoms with van der Waals surface area (Å²) in [6.07, 6.45) is 5.63. The van der Waals surface area contributed by atoms with Crippen molar-refractivity contribution < 1.29 is 14.6 Å². The van der Waals surface area contributed by atoms with Crippen LogP contribution in [0.5, 0.6) is 5.75 Å². The van der Waals surface area contributed by atoms with E-state index in [-0.39, 0.29) is 11.6 Å². The summed E-state index contributed by atoms with van der Waals surface area (Å²) in [5.41, 5.74) is 8.94. The van der Waals surface area contributed by atoms with Crippen molar-refractivity contribution in [1.82, 2.24) is 19.7 Å². The van der Waals surface area contributed by atoms with Crippen molar-refractivity contribution >= 4 is 57.4 Å². The molecule has 0 fully saturated rings. The van der Waals surface area contributed by atoms with Gasteiger partial charge < -0.3 is 25.0 Å². The second-order valence-electron chi connectivity index (χ2n) is 11.9. The van der Waals surface area contributed by atoms with Gasteiger partial charge in [0.25, 0.3) is 0 Å². The number of aromatic carboxylic acids is 1. The first kappa shape index (κ1) is 34.1. The van der Waals surface area contributed by atoms with Gasteiger partial charge in [-0.2, -0.15) is 5.10 Å². The third kappa shape index (κ3) is 7.51. The van der Waals surface area contributed by atoms with E-state index >= 15 is 0 Å². The monoisotopic (exact) mass is 673 g/mol. The number of benzene rings is 3. The number of carbonyl (C=O) groups is 1. The average Bonchev–Trinajstić information content (AvgIpc) is 3.48. The summed E-state index contributed by atoms with van der Waals surface area (Å²) in [6.45, 7) is 7.44. The van der Waals surface area contributed by atoms with Crippen molar-refractivity contribution in [2.45, 2.75) is 39.7 Å². The van der Waals surface area contributed by atoms with E-state index in [0.29, 0.717) is 23.1 Å². The Labute approximate surface area is 286 Å². The predicted molar refractivity (Wildman–Crippen MR) is 194 cm³/mol. The number of halogens is 2. The quantitative estimate of drug-likeness (QED) is 0.108. The highest BCUT2D eigenvalue weighted by molar-refractivity contribution is 6.34. The molecular weight excluding hydrogens is 633 g/mol. The molecule has 10 heteroatoms. The molecule has 0 unspecified atom stereocenters. The van der Waals surface area contributed by atoms with Gasteiger partial charge in [0, 0.05) is 76.8 Å². The van der Waals surface area contributed by atoms with Crippen molar-refractivity contribution in [3.63, 3.8) is 0 Å². The zero-order valence-corrected chi connectivity index (χ0v) is 29.1. The smallest absolute Gasteiger partial charge is 0.335 e. The number of likely N-dealkylation sites (N-methyl/N-ethyl adjacent to an activating group) is 1. The summed E-state index contributed by atoms with van der Waals surface area (Å²) < 4.78 is 9.99. The van der Waals surface area contributed by atoms with Crippen molar-refractivity contribution in [1.29, 1.82) is 0 Å². The molecule has 0 saturated heterocycles. The first-order chi connectivity index (χ1) is 22.5. The maximum Gasteiger partial charge on any atom is 0.335 e. The van der Waals surface area contributed by atoms with Crippen LogP contribution in [0, 0.1) is 13.8 Å². The van der Waals surface area contributed by atoms with Gasteiger partial charge in [0.15, 0.2) is 0 Å². The molecular formula is C37H41Cl2N5O3. The lowest BCUT2D eigenvalue weighted by molar-refractivity contribution is 0.0697. The number of hydrogen-bond donors (Lipinski definition) is 3. The first-order valence-electron chi connectivity index (χ1n) is 15.6. The predicted octanol–water partition coefficient (Wildman–Crippen LogP) is 8.62. The molecule has 0 spiro atoms. The van der Waals surface area contributed by atoms with Crippen molar-refractivity contribution in [2.24, 2.45) is 14.1 Å². The molecule has 47 heavy (non-hydrogen) atoms. The Kier molecular flexibility index (Phi) is 10.6. The largest absolute Gasteiger partial charge is 0.494 e. The second kappa shape index (κ2) is 14.7. The molecule has 0 saturated carbocycles. The van der Waals surface area contributed by atoms with E-state index in [4.69, 9.17) is 33.0 Å². The fraction of sp³-hybridized carbons (Fsp3) is 0.297. The number of anilines is 1. The summed E-state index contributed by atoms with van der Waals surface area (Å²) >= 11 is 13.1. The summed E-state index contributed by atoms with van der Waals surface area (Å²) in [5, 5.41) is 23.7. The van der Waals surface area contributed by atoms with E-state index in [9.17, 15) is 9.90 Å². The van der Waals surface area contributed by atoms with Crippen LogP contribution in [0.2, 0.25) is 10.0 Å². The van der Waals surface area contributed by atoms with Crippen LogP contribution in [0.1, 0.15) is 52.6 Å². The van der Waals surface area contributed by atoms with Crippen LogP contribution >= 0.6 is 23.2 Å². The fourth-order valence-corrected chi connectivity index (χ4v) is 6.48. The van der Waals surface area contributed by atoms with Crippen molar-refractivity contribution in [3.8, 4) is 16.9 Å². The molecule has 0 radical (unpaired) electrons. The highest BCUT2D eigenvalue weighted by Crippen LogP contribution is 2.44. The summed E-state index contributed by atoms with van der Waals surface area (Å²) in [5.74, 6) is -0.199. The lowest BCUT2D eigenvalue weighted by Gasteiger charge is -2.24. The van der Waals surface area contributed by atoms with Gasteiger partial charge in [0.2, 0.25) is 0 Å². The Morgan fingerprint density at radius 1 is 1.06 bits per heavy atom. The Morgan fingerprint density at radius 3 is 2.47 bits per heavy atom. The van der Waals surface area contributed by atoms with E-state index in [2.05, 4.69) is 36.6 Å². The number of hydrogen-bond acceptors (Lipinski definition) is 5. The number of aryl methyl sites for hydroxylation is 3. The highest BCUT2D eigenvalue weighted by atomic mass is 35.5. The molecule has 246 valence electrons. The molecule has 8 nitrogen and oxygen atoms in total. The molecule has 0 aliphatic rings. The van der Waals surface area contributed by atoms with Crippen LogP contribution in [-0.2, 0) is 14.1 Å². The molecule has 0 amide bonds. The maximum absolute atomic E-state index is 11.9. The fourth-order valence-electron chi connectivity index (χ4n) is 6.10. The van der Waals surface area contributed by atoms with Crippen LogP contribution in [0.3, 0.4) is 0 Å². The molecule has 2 heterocycles. The SMILES string of the molecule is CNC[C@@H](C)Nc1c(/C(=C/c2cn(C)c3ccc(C(=O)O)cc23)CCCOc2ccc(Cl)cc2)ccc(Cl)c1-c1c(C)nn(C)c1C. The topological polar surface area (TPSA) is 93.3 Å². The van der Waals surface area contributed by atoms with Gasteiger partial charge >= 0.3 is 5.97 Å². The van der Waals surface area contributed by atoms with Crippen molar-refractivity contribution in [2.75, 3.05) is 25.5 Å². The third-order valence-electron chi connectivity index (χ3n) is 8.43. The number of carboxylic acid groups (broad SMARTS) is 1. The lowest BCUT2D eigenvalue weighted by atomic mass is 9.91. The van der Waals surface area contributed by atoms with Gasteiger partial charge in [-0.3, -0.25) is 4.68 Å². The summed E-state index contributed by atoms with van der Waals surface area (Å²) in [4.78, 5) is 11.9. The van der Waals surface area contributed by atoms with E-state index < -0.39 is 5.97 Å². The molecule has 5 rings (SSSR count). The average molecular weight is 675 g/mol. The number of fused-ring (bicyclic) bond motifs is 1. The molecule has 5 aromatic rings. The minimum atomic E-state index is -0.959. The summed E-state index contributed by atoms with van der Waals surface area (Å²) in [7, 11) is 5.85. The van der Waals surface area contributed by atoms with Gasteiger partial charge in [-0.05, 0) is 101 Å². The van der Waals surface area contributed by atoms with E-state index in [1.54, 1.807) is 12.1 Å². The van der Waals surface area contributed by atoms with E-state index in [1.165, 1.54) is 0 Å². The molecule has 3 N–H and O–H groups in total. The Hall–Kier alpha value is -4.24. The number of aromatic nitrogens is 3. The molecule has 0 bridgehead atoms. The number of allylic oxidation sites excluding steroid dienone is 1. The van der Waals surface area contributed by atoms with Gasteiger partial charge in [-0.25, -0.2) is 4.79 Å². The molecule has 2 aromatic heterocycles. The normalized spacial score (nSPS) is 12.5. The number of carboxylic acids is 1. The highest BCUT2D eigenvalue weighted by Gasteiger charge is 2.24. The van der Waals surface area contributed by atoms with Gasteiger partial charge in [0.1, 0.15) is 5.75 Å². The Bertz CT molecular complexity index is 1940. The molecule has 3 aromatic carbocycles. The van der Waals surface area contributed by atoms with Gasteiger partial charge in [0.05, 0.1) is 28.6 Å². The second-order valence-corrected chi connectivity index (χ2v) is 12.8. The standard InChI is InChI=1S/C37H41Cl2N5O3/c1-22(20-40-4)41-36-30(14-15-32(39)35(36)34-23(2)42-44(6)24(34)3)25(8-7-17-47-29-12-10-28(38)11-13-29)18-27-21-43(5)33-16-9-26(37(45)46)19-31(27)33/h9-16,18-19,21-22,40-41H,7-8,17,20H2,1-6H3,(H,45,46)/b25-18+/t22-/m1/s1. The summed E-state index contributed by atoms with van der Waals surface area (Å²) in [6, 6.07) is 16.7. The maximum atomic E-state index is 11.9. The molecule has 1 atom stereocenters. The Balaban J connectivity index is 1.67. The zero-order valence-electron chi connectivity index (χ0n) is 27.6. The minimum Gasteiger partial charge on any atom is -0.494 e. The van der Waals surface area contributed by atoms with E-state index in [1.807, 2.05) is 79.9 Å². The van der Waals surface area contributed by atoms with Crippen LogP contribution in [0.4, 0.5) is 5.69 Å². The number of nitrogens with one attached hydrogen (secondary N) is 2. The minimum absolute atomic E-state index is 0.0819. The van der Waals surface area contributed by atoms with Gasteiger partial charge in [-0.1, -0.05) is 29.3 Å². The van der Waals surface area contributed by atoms with Crippen LogP contribution in [0.15, 0.2) is 60.8 Å². The zero-order chi connectivity index (χ0) is 33.8. The van der Waals surface area contributed by atoms with Gasteiger partial charge in [-0.15, -0.1) is 0 Å². The van der Waals surface area contributed by atoms with Crippen molar-refractivity contribution in [3.05, 3.63) is 98.9 Å². The molecule has 0 aliphatic heterocycles. The number of rotatable bonds is 13. The third-order valence-corrected chi connectivity index (χ3v) is 9.00. The number of nitrogens with zero attached hydrogens (tertiary/aromatic N) is 3. The lowest BCUT2D eigenvalue weighted by Crippen LogP contribution is -2.28. The van der Waals surface area contributed by atoms with Crippen LogP contribution < -0.4 is 15.4 Å². The van der Waals surface area contributed by atoms with E-state index in [0.717, 1.165) is 74.5 Å². The molecule has 0 aliphatic carbocycles.